The van der Waals surface area contributed by atoms with Gasteiger partial charge in [-0.2, -0.15) is 8.42 Å². The molecule has 33 heavy (non-hydrogen) atoms. The molecular formula is C22H25Cl3N2O5S. The molecule has 11 heteroatoms. The van der Waals surface area contributed by atoms with Crippen LogP contribution in [0.25, 0.3) is 0 Å². The van der Waals surface area contributed by atoms with Crippen LogP contribution in [-0.2, 0) is 15.0 Å². The van der Waals surface area contributed by atoms with Crippen LogP contribution in [0, 0.1) is 6.92 Å². The SMILES string of the molecule is Cc1cc(Cl)cc(C(=O)N(C)C/C(=N/OCCCS(=O)(=O)O)C(C)c2ccc(Cl)c(Cl)c2)c1. The lowest BCUT2D eigenvalue weighted by Crippen LogP contribution is -2.34. The lowest BCUT2D eigenvalue weighted by molar-refractivity contribution is 0.0810. The van der Waals surface area contributed by atoms with E-state index in [0.717, 1.165) is 11.1 Å². The molecule has 0 fully saturated rings. The Balaban J connectivity index is 2.23. The van der Waals surface area contributed by atoms with Gasteiger partial charge in [-0.15, -0.1) is 0 Å². The molecule has 0 aliphatic rings. The van der Waals surface area contributed by atoms with Crippen LogP contribution in [-0.4, -0.2) is 55.4 Å². The number of benzene rings is 2. The summed E-state index contributed by atoms with van der Waals surface area (Å²) in [5, 5.41) is 5.43. The highest BCUT2D eigenvalue weighted by Gasteiger charge is 2.21. The van der Waals surface area contributed by atoms with Crippen LogP contribution in [0.2, 0.25) is 15.1 Å². The van der Waals surface area contributed by atoms with Crippen molar-refractivity contribution >= 4 is 56.5 Å². The van der Waals surface area contributed by atoms with Gasteiger partial charge in [0.05, 0.1) is 28.1 Å². The summed E-state index contributed by atoms with van der Waals surface area (Å²) in [6, 6.07) is 10.3. The summed E-state index contributed by atoms with van der Waals surface area (Å²) in [5.74, 6) is -0.981. The predicted octanol–water partition coefficient (Wildman–Crippen LogP) is 5.48. The molecule has 2 aromatic carbocycles. The average molecular weight is 536 g/mol. The van der Waals surface area contributed by atoms with E-state index in [4.69, 9.17) is 44.2 Å². The topological polar surface area (TPSA) is 96.3 Å². The molecule has 0 radical (unpaired) electrons. The van der Waals surface area contributed by atoms with Crippen molar-refractivity contribution in [3.8, 4) is 0 Å². The number of halogens is 3. The van der Waals surface area contributed by atoms with Crippen molar-refractivity contribution in [2.45, 2.75) is 26.2 Å². The first-order chi connectivity index (χ1) is 15.4. The first kappa shape index (κ1) is 27.4. The van der Waals surface area contributed by atoms with Crippen molar-refractivity contribution in [2.75, 3.05) is 26.0 Å². The molecule has 0 aliphatic carbocycles. The van der Waals surface area contributed by atoms with Crippen molar-refractivity contribution in [1.29, 1.82) is 0 Å². The summed E-state index contributed by atoms with van der Waals surface area (Å²) in [6.45, 7) is 3.83. The number of amides is 1. The van der Waals surface area contributed by atoms with Crippen LogP contribution >= 0.6 is 34.8 Å². The molecule has 180 valence electrons. The summed E-state index contributed by atoms with van der Waals surface area (Å²) >= 11 is 18.3. The highest BCUT2D eigenvalue weighted by Crippen LogP contribution is 2.27. The molecule has 1 unspecified atom stereocenters. The molecule has 1 N–H and O–H groups in total. The largest absolute Gasteiger partial charge is 0.396 e. The molecule has 0 spiro atoms. The summed E-state index contributed by atoms with van der Waals surface area (Å²) in [5.41, 5.74) is 2.62. The van der Waals surface area contributed by atoms with E-state index in [-0.39, 0.29) is 31.4 Å². The maximum Gasteiger partial charge on any atom is 0.264 e. The smallest absolute Gasteiger partial charge is 0.264 e. The van der Waals surface area contributed by atoms with Crippen molar-refractivity contribution in [3.63, 3.8) is 0 Å². The first-order valence-corrected chi connectivity index (χ1v) is 12.7. The Morgan fingerprint density at radius 1 is 1.15 bits per heavy atom. The van der Waals surface area contributed by atoms with E-state index >= 15 is 0 Å². The van der Waals surface area contributed by atoms with Crippen molar-refractivity contribution in [2.24, 2.45) is 5.16 Å². The highest BCUT2D eigenvalue weighted by atomic mass is 35.5. The number of hydrogen-bond donors (Lipinski definition) is 1. The lowest BCUT2D eigenvalue weighted by Gasteiger charge is -2.22. The van der Waals surface area contributed by atoms with Crippen LogP contribution in [0.4, 0.5) is 0 Å². The first-order valence-electron chi connectivity index (χ1n) is 9.99. The predicted molar refractivity (Wildman–Crippen MR) is 132 cm³/mol. The molecule has 0 saturated heterocycles. The molecule has 1 amide bonds. The average Bonchev–Trinajstić information content (AvgIpc) is 2.71. The highest BCUT2D eigenvalue weighted by molar-refractivity contribution is 7.85. The fourth-order valence-corrected chi connectivity index (χ4v) is 4.13. The van der Waals surface area contributed by atoms with Crippen molar-refractivity contribution < 1.29 is 22.6 Å². The van der Waals surface area contributed by atoms with Gasteiger partial charge in [-0.05, 0) is 48.4 Å². The Hall–Kier alpha value is -1.84. The molecule has 0 aromatic heterocycles. The lowest BCUT2D eigenvalue weighted by atomic mass is 9.95. The maximum atomic E-state index is 13.0. The van der Waals surface area contributed by atoms with Gasteiger partial charge in [0.1, 0.15) is 6.61 Å². The van der Waals surface area contributed by atoms with Gasteiger partial charge in [0.2, 0.25) is 0 Å². The summed E-state index contributed by atoms with van der Waals surface area (Å²) < 4.78 is 30.6. The normalized spacial score (nSPS) is 13.0. The molecule has 0 heterocycles. The zero-order valence-corrected chi connectivity index (χ0v) is 21.5. The van der Waals surface area contributed by atoms with Gasteiger partial charge in [0.15, 0.2) is 0 Å². The quantitative estimate of drug-likeness (QED) is 0.188. The zero-order chi connectivity index (χ0) is 24.8. The van der Waals surface area contributed by atoms with E-state index in [0.29, 0.717) is 26.3 Å². The van der Waals surface area contributed by atoms with Gasteiger partial charge in [-0.3, -0.25) is 9.35 Å². The fourth-order valence-electron chi connectivity index (χ4n) is 3.05. The molecule has 0 bridgehead atoms. The molecule has 7 nitrogen and oxygen atoms in total. The number of nitrogens with zero attached hydrogens (tertiary/aromatic N) is 2. The Bertz CT molecular complexity index is 1120. The second-order valence-corrected chi connectivity index (χ2v) is 10.5. The number of rotatable bonds is 10. The number of carbonyl (C=O) groups excluding carboxylic acids is 1. The Kier molecular flexibility index (Phi) is 10.00. The van der Waals surface area contributed by atoms with Crippen LogP contribution in [0.5, 0.6) is 0 Å². The summed E-state index contributed by atoms with van der Waals surface area (Å²) in [6.07, 6.45) is 0.0628. The van der Waals surface area contributed by atoms with E-state index in [1.807, 2.05) is 13.8 Å². The molecule has 2 rings (SSSR count). The Morgan fingerprint density at radius 3 is 2.45 bits per heavy atom. The van der Waals surface area contributed by atoms with Crippen LogP contribution in [0.3, 0.4) is 0 Å². The maximum absolute atomic E-state index is 13.0. The van der Waals surface area contributed by atoms with Gasteiger partial charge >= 0.3 is 0 Å². The number of aryl methyl sites for hydroxylation is 1. The second-order valence-electron chi connectivity index (χ2n) is 7.63. The minimum atomic E-state index is -4.08. The molecule has 2 aromatic rings. The minimum absolute atomic E-state index is 0.0253. The standard InChI is InChI=1S/C22H25Cl3N2O5S/c1-14-9-17(11-18(23)10-14)22(28)27(3)13-21(26-32-7-4-8-33(29,30)31)15(2)16-5-6-19(24)20(25)12-16/h5-6,9-12,15H,4,7-8,13H2,1-3H3,(H,29,30,31)/b26-21-. The third-order valence-electron chi connectivity index (χ3n) is 4.80. The van der Waals surface area contributed by atoms with Crippen molar-refractivity contribution in [3.05, 3.63) is 68.2 Å². The van der Waals surface area contributed by atoms with E-state index in [1.165, 1.54) is 4.90 Å². The van der Waals surface area contributed by atoms with Gasteiger partial charge in [0, 0.05) is 30.0 Å². The number of carbonyl (C=O) groups is 1. The zero-order valence-electron chi connectivity index (χ0n) is 18.4. The number of oxime groups is 1. The second kappa shape index (κ2) is 12.0. The van der Waals surface area contributed by atoms with Gasteiger partial charge in [-0.1, -0.05) is 52.9 Å². The van der Waals surface area contributed by atoms with E-state index in [9.17, 15) is 13.2 Å². The van der Waals surface area contributed by atoms with Crippen molar-refractivity contribution in [1.82, 2.24) is 4.90 Å². The van der Waals surface area contributed by atoms with Crippen LogP contribution < -0.4 is 0 Å². The van der Waals surface area contributed by atoms with Gasteiger partial charge in [-0.25, -0.2) is 0 Å². The van der Waals surface area contributed by atoms with Crippen LogP contribution in [0.15, 0.2) is 41.6 Å². The molecular weight excluding hydrogens is 511 g/mol. The molecule has 1 atom stereocenters. The fraction of sp³-hybridized carbons (Fsp3) is 0.364. The Labute approximate surface area is 209 Å². The summed E-state index contributed by atoms with van der Waals surface area (Å²) in [4.78, 5) is 19.8. The minimum Gasteiger partial charge on any atom is -0.396 e. The van der Waals surface area contributed by atoms with E-state index in [2.05, 4.69) is 5.16 Å². The van der Waals surface area contributed by atoms with E-state index in [1.54, 1.807) is 43.4 Å². The van der Waals surface area contributed by atoms with Gasteiger partial charge < -0.3 is 9.74 Å². The molecule has 0 aliphatic heterocycles. The van der Waals surface area contributed by atoms with Gasteiger partial charge in [0.25, 0.3) is 16.0 Å². The molecule has 0 saturated carbocycles. The third kappa shape index (κ3) is 8.79. The summed E-state index contributed by atoms with van der Waals surface area (Å²) in [7, 11) is -2.45. The van der Waals surface area contributed by atoms with Crippen LogP contribution in [0.1, 0.15) is 40.7 Å². The monoisotopic (exact) mass is 534 g/mol. The third-order valence-corrected chi connectivity index (χ3v) is 6.56. The number of hydrogen-bond acceptors (Lipinski definition) is 5. The Morgan fingerprint density at radius 2 is 1.85 bits per heavy atom. The van der Waals surface area contributed by atoms with E-state index < -0.39 is 15.9 Å².